The zero-order chi connectivity index (χ0) is 22.0. The van der Waals surface area contributed by atoms with Crippen LogP contribution in [0.5, 0.6) is 0 Å². The third-order valence-electron chi connectivity index (χ3n) is 6.34. The Morgan fingerprint density at radius 1 is 1.06 bits per heavy atom. The lowest BCUT2D eigenvalue weighted by Gasteiger charge is -2.36. The number of carbonyl (C=O) groups is 2. The summed E-state index contributed by atoms with van der Waals surface area (Å²) in [7, 11) is 0. The molecule has 1 N–H and O–H groups in total. The van der Waals surface area contributed by atoms with E-state index in [0.29, 0.717) is 38.2 Å². The summed E-state index contributed by atoms with van der Waals surface area (Å²) in [6.45, 7) is 8.64. The molecule has 2 aliphatic rings. The Hall–Kier alpha value is -2.67. The highest BCUT2D eigenvalue weighted by Crippen LogP contribution is 2.30. The molecule has 2 aromatic rings. The second-order valence-corrected chi connectivity index (χ2v) is 8.98. The van der Waals surface area contributed by atoms with Crippen molar-refractivity contribution in [3.05, 3.63) is 52.8 Å². The van der Waals surface area contributed by atoms with Gasteiger partial charge in [0.1, 0.15) is 0 Å². The van der Waals surface area contributed by atoms with Gasteiger partial charge in [-0.05, 0) is 39.2 Å². The predicted octanol–water partition coefficient (Wildman–Crippen LogP) is 2.92. The van der Waals surface area contributed by atoms with Gasteiger partial charge in [0.25, 0.3) is 5.91 Å². The van der Waals surface area contributed by atoms with Crippen molar-refractivity contribution in [3.63, 3.8) is 0 Å². The van der Waals surface area contributed by atoms with Gasteiger partial charge in [0.15, 0.2) is 0 Å². The van der Waals surface area contributed by atoms with Gasteiger partial charge in [0.2, 0.25) is 5.91 Å². The van der Waals surface area contributed by atoms with Crippen LogP contribution in [-0.4, -0.2) is 70.2 Å². The lowest BCUT2D eigenvalue weighted by Crippen LogP contribution is -2.48. The highest BCUT2D eigenvalue weighted by atomic mass is 16.5. The molecule has 0 saturated carbocycles. The zero-order valence-corrected chi connectivity index (χ0v) is 18.6. The number of ether oxygens (including phenoxy) is 1. The molecule has 7 heteroatoms. The summed E-state index contributed by atoms with van der Waals surface area (Å²) in [6, 6.07) is 8.13. The number of aromatic amines is 1. The van der Waals surface area contributed by atoms with E-state index in [1.54, 1.807) is 6.20 Å². The van der Waals surface area contributed by atoms with Crippen molar-refractivity contribution in [2.75, 3.05) is 26.2 Å². The Kier molecular flexibility index (Phi) is 6.41. The zero-order valence-electron chi connectivity index (χ0n) is 18.6. The third kappa shape index (κ3) is 4.98. The van der Waals surface area contributed by atoms with E-state index in [-0.39, 0.29) is 29.9 Å². The molecule has 1 aromatic heterocycles. The second kappa shape index (κ2) is 9.22. The number of amides is 2. The van der Waals surface area contributed by atoms with E-state index < -0.39 is 0 Å². The summed E-state index contributed by atoms with van der Waals surface area (Å²) in [4.78, 5) is 29.7. The van der Waals surface area contributed by atoms with E-state index in [4.69, 9.17) is 4.74 Å². The van der Waals surface area contributed by atoms with Crippen LogP contribution >= 0.6 is 0 Å². The lowest BCUT2D eigenvalue weighted by molar-refractivity contribution is -0.131. The van der Waals surface area contributed by atoms with E-state index in [0.717, 1.165) is 24.1 Å². The number of piperidine rings is 1. The van der Waals surface area contributed by atoms with Crippen molar-refractivity contribution in [2.24, 2.45) is 0 Å². The second-order valence-electron chi connectivity index (χ2n) is 8.98. The predicted molar refractivity (Wildman–Crippen MR) is 118 cm³/mol. The Balaban J connectivity index is 1.36. The highest BCUT2D eigenvalue weighted by Gasteiger charge is 2.32. The number of aryl methyl sites for hydroxylation is 1. The molecule has 7 nitrogen and oxygen atoms in total. The number of rotatable bonds is 4. The molecule has 2 fully saturated rings. The number of likely N-dealkylation sites (tertiary alicyclic amines) is 1. The van der Waals surface area contributed by atoms with Crippen LogP contribution in [0.2, 0.25) is 0 Å². The van der Waals surface area contributed by atoms with Crippen molar-refractivity contribution >= 4 is 11.8 Å². The first kappa shape index (κ1) is 21.6. The quantitative estimate of drug-likeness (QED) is 0.819. The van der Waals surface area contributed by atoms with Gasteiger partial charge < -0.3 is 14.5 Å². The van der Waals surface area contributed by atoms with Crippen LogP contribution in [-0.2, 0) is 16.0 Å². The summed E-state index contributed by atoms with van der Waals surface area (Å²) in [5.74, 6) is 0.392. The minimum absolute atomic E-state index is 0.0172. The molecule has 0 unspecified atom stereocenters. The van der Waals surface area contributed by atoms with Gasteiger partial charge in [-0.3, -0.25) is 14.7 Å². The number of nitrogens with one attached hydrogen (secondary N) is 1. The summed E-state index contributed by atoms with van der Waals surface area (Å²) in [6.07, 6.45) is 3.82. The number of H-pyrrole nitrogens is 1. The number of hydrogen-bond acceptors (Lipinski definition) is 4. The normalized spacial score (nSPS) is 22.5. The van der Waals surface area contributed by atoms with Crippen LogP contribution in [0, 0.1) is 6.92 Å². The average molecular weight is 425 g/mol. The molecule has 1 aromatic carbocycles. The molecular weight excluding hydrogens is 392 g/mol. The fourth-order valence-electron chi connectivity index (χ4n) is 4.70. The van der Waals surface area contributed by atoms with Gasteiger partial charge in [0.05, 0.1) is 36.1 Å². The molecule has 2 atom stereocenters. The van der Waals surface area contributed by atoms with Crippen LogP contribution in [0.15, 0.2) is 30.5 Å². The molecule has 0 radical (unpaired) electrons. The minimum Gasteiger partial charge on any atom is -0.372 e. The number of benzene rings is 1. The maximum Gasteiger partial charge on any atom is 0.257 e. The number of hydrogen-bond donors (Lipinski definition) is 1. The van der Waals surface area contributed by atoms with Crippen LogP contribution < -0.4 is 0 Å². The van der Waals surface area contributed by atoms with Crippen molar-refractivity contribution < 1.29 is 14.3 Å². The van der Waals surface area contributed by atoms with Gasteiger partial charge in [-0.2, -0.15) is 5.10 Å². The molecule has 4 rings (SSSR count). The van der Waals surface area contributed by atoms with Gasteiger partial charge in [-0.15, -0.1) is 0 Å². The topological polar surface area (TPSA) is 78.5 Å². The van der Waals surface area contributed by atoms with Crippen LogP contribution in [0.1, 0.15) is 59.8 Å². The van der Waals surface area contributed by atoms with E-state index in [1.165, 1.54) is 5.56 Å². The van der Waals surface area contributed by atoms with E-state index in [9.17, 15) is 9.59 Å². The van der Waals surface area contributed by atoms with Crippen molar-refractivity contribution in [1.29, 1.82) is 0 Å². The Morgan fingerprint density at radius 2 is 1.71 bits per heavy atom. The molecule has 31 heavy (non-hydrogen) atoms. The van der Waals surface area contributed by atoms with Crippen LogP contribution in [0.3, 0.4) is 0 Å². The number of aromatic nitrogens is 2. The molecule has 0 bridgehead atoms. The van der Waals surface area contributed by atoms with Gasteiger partial charge >= 0.3 is 0 Å². The SMILES string of the molecule is Cc1ccc(CC(=O)N2CCC(c3[nH]ncc3C(=O)N3C[C@H](C)O[C@@H](C)C3)CC2)cc1. The van der Waals surface area contributed by atoms with Crippen molar-refractivity contribution in [2.45, 2.75) is 58.2 Å². The number of carbonyl (C=O) groups excluding carboxylic acids is 2. The largest absolute Gasteiger partial charge is 0.372 e. The Morgan fingerprint density at radius 3 is 2.35 bits per heavy atom. The molecule has 3 heterocycles. The monoisotopic (exact) mass is 424 g/mol. The molecular formula is C24H32N4O3. The number of nitrogens with zero attached hydrogens (tertiary/aromatic N) is 3. The van der Waals surface area contributed by atoms with Gasteiger partial charge in [0, 0.05) is 32.1 Å². The summed E-state index contributed by atoms with van der Waals surface area (Å²) in [5, 5.41) is 7.26. The van der Waals surface area contributed by atoms with E-state index in [1.807, 2.05) is 54.8 Å². The average Bonchev–Trinajstić information content (AvgIpc) is 3.24. The first-order valence-corrected chi connectivity index (χ1v) is 11.2. The summed E-state index contributed by atoms with van der Waals surface area (Å²) in [5.41, 5.74) is 3.81. The maximum atomic E-state index is 13.2. The lowest BCUT2D eigenvalue weighted by atomic mass is 9.90. The van der Waals surface area contributed by atoms with E-state index in [2.05, 4.69) is 10.2 Å². The molecule has 0 spiro atoms. The van der Waals surface area contributed by atoms with Crippen molar-refractivity contribution in [1.82, 2.24) is 20.0 Å². The first-order valence-electron chi connectivity index (χ1n) is 11.2. The van der Waals surface area contributed by atoms with Crippen molar-refractivity contribution in [3.8, 4) is 0 Å². The van der Waals surface area contributed by atoms with Gasteiger partial charge in [-0.25, -0.2) is 0 Å². The molecule has 0 aliphatic carbocycles. The molecule has 2 amide bonds. The minimum atomic E-state index is 0.0172. The third-order valence-corrected chi connectivity index (χ3v) is 6.34. The molecule has 2 saturated heterocycles. The fraction of sp³-hybridized carbons (Fsp3) is 0.542. The Bertz CT molecular complexity index is 905. The summed E-state index contributed by atoms with van der Waals surface area (Å²) >= 11 is 0. The maximum absolute atomic E-state index is 13.2. The molecule has 166 valence electrons. The van der Waals surface area contributed by atoms with Crippen LogP contribution in [0.4, 0.5) is 0 Å². The highest BCUT2D eigenvalue weighted by molar-refractivity contribution is 5.95. The Labute approximate surface area is 183 Å². The van der Waals surface area contributed by atoms with Crippen LogP contribution in [0.25, 0.3) is 0 Å². The smallest absolute Gasteiger partial charge is 0.257 e. The fourth-order valence-corrected chi connectivity index (χ4v) is 4.70. The number of morpholine rings is 1. The summed E-state index contributed by atoms with van der Waals surface area (Å²) < 4.78 is 5.76. The standard InChI is InChI=1S/C24H32N4O3/c1-16-4-6-19(7-5-16)12-22(29)27-10-8-20(9-11-27)23-21(13-25-26-23)24(30)28-14-17(2)31-18(3)15-28/h4-7,13,17-18,20H,8-12,14-15H2,1-3H3,(H,25,26)/t17-,18-/m0/s1. The van der Waals surface area contributed by atoms with E-state index >= 15 is 0 Å². The van der Waals surface area contributed by atoms with Gasteiger partial charge in [-0.1, -0.05) is 29.8 Å². The molecule has 2 aliphatic heterocycles. The first-order chi connectivity index (χ1) is 14.9.